The van der Waals surface area contributed by atoms with E-state index in [4.69, 9.17) is 4.74 Å². The molecule has 1 aromatic heterocycles. The van der Waals surface area contributed by atoms with E-state index in [1.54, 1.807) is 4.68 Å². The van der Waals surface area contributed by atoms with Crippen LogP contribution in [-0.4, -0.2) is 51.0 Å². The number of alkyl carbamates (subject to hydrolysis) is 1. The minimum atomic E-state index is -0.463. The quantitative estimate of drug-likeness (QED) is 0.859. The van der Waals surface area contributed by atoms with Crippen LogP contribution in [0.1, 0.15) is 33.6 Å². The monoisotopic (exact) mass is 282 g/mol. The number of aromatic nitrogens is 4. The number of tetrazole rings is 1. The highest BCUT2D eigenvalue weighted by Crippen LogP contribution is 2.16. The molecular weight excluding hydrogens is 260 g/mol. The van der Waals surface area contributed by atoms with Gasteiger partial charge in [0.25, 0.3) is 0 Å². The van der Waals surface area contributed by atoms with Crippen LogP contribution in [0, 0.1) is 0 Å². The Morgan fingerprint density at radius 2 is 2.00 bits per heavy atom. The van der Waals surface area contributed by atoms with Gasteiger partial charge in [-0.15, -0.1) is 0 Å². The molecule has 1 aliphatic heterocycles. The number of anilines is 1. The van der Waals surface area contributed by atoms with Crippen molar-refractivity contribution in [2.75, 3.05) is 18.0 Å². The summed E-state index contributed by atoms with van der Waals surface area (Å²) < 4.78 is 6.91. The normalized spacial score (nSPS) is 17.1. The summed E-state index contributed by atoms with van der Waals surface area (Å²) in [5, 5.41) is 14.4. The standard InChI is InChI=1S/C12H22N6O2/c1-12(2,3)20-11(19)13-9-5-7-18(8-6-9)10-14-15-16-17(10)4/h9H,5-8H2,1-4H3,(H,13,19). The van der Waals surface area contributed by atoms with Crippen molar-refractivity contribution in [1.29, 1.82) is 0 Å². The maximum absolute atomic E-state index is 11.7. The lowest BCUT2D eigenvalue weighted by Gasteiger charge is -2.32. The van der Waals surface area contributed by atoms with Crippen LogP contribution in [0.15, 0.2) is 0 Å². The summed E-state index contributed by atoms with van der Waals surface area (Å²) >= 11 is 0. The highest BCUT2D eigenvalue weighted by Gasteiger charge is 2.25. The Morgan fingerprint density at radius 3 is 2.50 bits per heavy atom. The van der Waals surface area contributed by atoms with Gasteiger partial charge in [-0.3, -0.25) is 0 Å². The summed E-state index contributed by atoms with van der Waals surface area (Å²) in [6.07, 6.45) is 1.36. The molecule has 0 spiro atoms. The average Bonchev–Trinajstić information content (AvgIpc) is 2.74. The number of nitrogens with zero attached hydrogens (tertiary/aromatic N) is 5. The van der Waals surface area contributed by atoms with Gasteiger partial charge in [0.05, 0.1) is 0 Å². The number of piperidine rings is 1. The minimum absolute atomic E-state index is 0.141. The minimum Gasteiger partial charge on any atom is -0.444 e. The number of amides is 1. The summed E-state index contributed by atoms with van der Waals surface area (Å²) in [6, 6.07) is 0.141. The van der Waals surface area contributed by atoms with Crippen LogP contribution < -0.4 is 10.2 Å². The van der Waals surface area contributed by atoms with Gasteiger partial charge in [-0.25, -0.2) is 9.48 Å². The number of nitrogens with one attached hydrogen (secondary N) is 1. The van der Waals surface area contributed by atoms with E-state index in [0.29, 0.717) is 0 Å². The van der Waals surface area contributed by atoms with E-state index in [9.17, 15) is 4.79 Å². The van der Waals surface area contributed by atoms with Gasteiger partial charge in [-0.05, 0) is 44.0 Å². The van der Waals surface area contributed by atoms with E-state index in [1.165, 1.54) is 0 Å². The van der Waals surface area contributed by atoms with Crippen molar-refractivity contribution in [3.05, 3.63) is 0 Å². The lowest BCUT2D eigenvalue weighted by Crippen LogP contribution is -2.46. The third-order valence-corrected chi connectivity index (χ3v) is 3.10. The topological polar surface area (TPSA) is 85.2 Å². The Kier molecular flexibility index (Phi) is 4.10. The first-order chi connectivity index (χ1) is 9.35. The lowest BCUT2D eigenvalue weighted by molar-refractivity contribution is 0.0497. The van der Waals surface area contributed by atoms with Gasteiger partial charge < -0.3 is 15.0 Å². The summed E-state index contributed by atoms with van der Waals surface area (Å²) in [5.74, 6) is 0.765. The van der Waals surface area contributed by atoms with E-state index in [-0.39, 0.29) is 12.1 Å². The molecule has 1 fully saturated rings. The number of carbonyl (C=O) groups excluding carboxylic acids is 1. The van der Waals surface area contributed by atoms with E-state index < -0.39 is 5.60 Å². The second-order valence-corrected chi connectivity index (χ2v) is 6.01. The van der Waals surface area contributed by atoms with Gasteiger partial charge in [0, 0.05) is 26.2 Å². The summed E-state index contributed by atoms with van der Waals surface area (Å²) in [4.78, 5) is 13.8. The Morgan fingerprint density at radius 1 is 1.35 bits per heavy atom. The van der Waals surface area contributed by atoms with Gasteiger partial charge in [0.1, 0.15) is 5.60 Å². The molecule has 0 radical (unpaired) electrons. The molecule has 1 aromatic rings. The molecule has 0 atom stereocenters. The molecule has 0 aliphatic carbocycles. The molecule has 8 nitrogen and oxygen atoms in total. The van der Waals surface area contributed by atoms with Crippen LogP contribution in [0.5, 0.6) is 0 Å². The number of aryl methyl sites for hydroxylation is 1. The van der Waals surface area contributed by atoms with Crippen molar-refractivity contribution in [3.8, 4) is 0 Å². The number of ether oxygens (including phenoxy) is 1. The lowest BCUT2D eigenvalue weighted by atomic mass is 10.1. The van der Waals surface area contributed by atoms with Crippen LogP contribution >= 0.6 is 0 Å². The first-order valence-electron chi connectivity index (χ1n) is 6.82. The van der Waals surface area contributed by atoms with Crippen molar-refractivity contribution in [2.45, 2.75) is 45.3 Å². The molecule has 0 aromatic carbocycles. The Hall–Kier alpha value is -1.86. The van der Waals surface area contributed by atoms with Crippen LogP contribution in [0.3, 0.4) is 0 Å². The number of hydrogen-bond acceptors (Lipinski definition) is 6. The van der Waals surface area contributed by atoms with E-state index >= 15 is 0 Å². The molecule has 1 aliphatic rings. The zero-order valence-corrected chi connectivity index (χ0v) is 12.5. The zero-order chi connectivity index (χ0) is 14.8. The molecule has 8 heteroatoms. The average molecular weight is 282 g/mol. The molecule has 112 valence electrons. The number of hydrogen-bond donors (Lipinski definition) is 1. The molecule has 1 N–H and O–H groups in total. The second-order valence-electron chi connectivity index (χ2n) is 6.01. The summed E-state index contributed by atoms with van der Waals surface area (Å²) in [6.45, 7) is 7.20. The summed E-state index contributed by atoms with van der Waals surface area (Å²) in [5.41, 5.74) is -0.463. The van der Waals surface area contributed by atoms with Crippen LogP contribution in [0.4, 0.5) is 10.7 Å². The molecule has 0 bridgehead atoms. The predicted octanol–water partition coefficient (Wildman–Crippen LogP) is 0.704. The Balaban J connectivity index is 1.80. The smallest absolute Gasteiger partial charge is 0.407 e. The third kappa shape index (κ3) is 3.82. The first-order valence-corrected chi connectivity index (χ1v) is 6.82. The fourth-order valence-electron chi connectivity index (χ4n) is 2.19. The van der Waals surface area contributed by atoms with E-state index in [1.807, 2.05) is 27.8 Å². The molecule has 1 amide bonds. The van der Waals surface area contributed by atoms with Crippen LogP contribution in [0.2, 0.25) is 0 Å². The number of rotatable bonds is 2. The van der Waals surface area contributed by atoms with Gasteiger partial charge in [0.15, 0.2) is 0 Å². The Bertz CT molecular complexity index is 459. The zero-order valence-electron chi connectivity index (χ0n) is 12.5. The molecule has 20 heavy (non-hydrogen) atoms. The van der Waals surface area contributed by atoms with Crippen molar-refractivity contribution in [1.82, 2.24) is 25.5 Å². The van der Waals surface area contributed by atoms with Gasteiger partial charge >= 0.3 is 6.09 Å². The van der Waals surface area contributed by atoms with Gasteiger partial charge in [-0.2, -0.15) is 0 Å². The van der Waals surface area contributed by atoms with E-state index in [0.717, 1.165) is 31.9 Å². The van der Waals surface area contributed by atoms with E-state index in [2.05, 4.69) is 25.7 Å². The SMILES string of the molecule is Cn1nnnc1N1CCC(NC(=O)OC(C)(C)C)CC1. The highest BCUT2D eigenvalue weighted by molar-refractivity contribution is 5.68. The maximum Gasteiger partial charge on any atom is 0.407 e. The summed E-state index contributed by atoms with van der Waals surface area (Å²) in [7, 11) is 1.82. The van der Waals surface area contributed by atoms with Crippen molar-refractivity contribution < 1.29 is 9.53 Å². The maximum atomic E-state index is 11.7. The predicted molar refractivity (Wildman–Crippen MR) is 73.4 cm³/mol. The fourth-order valence-corrected chi connectivity index (χ4v) is 2.19. The molecule has 1 saturated heterocycles. The van der Waals surface area contributed by atoms with Crippen LogP contribution in [0.25, 0.3) is 0 Å². The fraction of sp³-hybridized carbons (Fsp3) is 0.833. The van der Waals surface area contributed by atoms with Crippen molar-refractivity contribution in [3.63, 3.8) is 0 Å². The van der Waals surface area contributed by atoms with Crippen molar-refractivity contribution in [2.24, 2.45) is 7.05 Å². The molecule has 2 heterocycles. The first kappa shape index (κ1) is 14.5. The number of carbonyl (C=O) groups is 1. The molecule has 0 unspecified atom stereocenters. The van der Waals surface area contributed by atoms with Crippen LogP contribution in [-0.2, 0) is 11.8 Å². The highest BCUT2D eigenvalue weighted by atomic mass is 16.6. The molecular formula is C12H22N6O2. The van der Waals surface area contributed by atoms with Crippen molar-refractivity contribution >= 4 is 12.0 Å². The third-order valence-electron chi connectivity index (χ3n) is 3.10. The Labute approximate surface area is 118 Å². The van der Waals surface area contributed by atoms with Gasteiger partial charge in [0.2, 0.25) is 5.95 Å². The van der Waals surface area contributed by atoms with Gasteiger partial charge in [-0.1, -0.05) is 5.10 Å². The molecule has 2 rings (SSSR count). The molecule has 0 saturated carbocycles. The largest absolute Gasteiger partial charge is 0.444 e. The second kappa shape index (κ2) is 5.64.